The van der Waals surface area contributed by atoms with Gasteiger partial charge in [0.1, 0.15) is 5.82 Å². The number of halogens is 3. The zero-order valence-electron chi connectivity index (χ0n) is 9.70. The maximum absolute atomic E-state index is 12.6. The Labute approximate surface area is 101 Å². The van der Waals surface area contributed by atoms with E-state index in [1.807, 2.05) is 0 Å². The van der Waals surface area contributed by atoms with Gasteiger partial charge in [-0.2, -0.15) is 13.2 Å². The van der Waals surface area contributed by atoms with E-state index in [4.69, 9.17) is 4.74 Å². The molecule has 0 N–H and O–H groups in total. The van der Waals surface area contributed by atoms with Gasteiger partial charge in [-0.25, -0.2) is 0 Å². The standard InChI is InChI=1S/C10H12F3N3O2/c1-2-18-8(17)6-3-4-16-7(5-6)14-15-9(16)10(11,12)13/h6H,2-5H2,1H3. The van der Waals surface area contributed by atoms with Gasteiger partial charge < -0.3 is 9.30 Å². The first kappa shape index (κ1) is 12.8. The molecule has 1 aliphatic heterocycles. The van der Waals surface area contributed by atoms with Gasteiger partial charge in [-0.05, 0) is 13.3 Å². The van der Waals surface area contributed by atoms with Gasteiger partial charge in [0.15, 0.2) is 0 Å². The first-order valence-electron chi connectivity index (χ1n) is 5.59. The largest absolute Gasteiger partial charge is 0.466 e. The number of hydrogen-bond acceptors (Lipinski definition) is 4. The van der Waals surface area contributed by atoms with Crippen LogP contribution in [0.3, 0.4) is 0 Å². The molecule has 0 saturated carbocycles. The van der Waals surface area contributed by atoms with E-state index in [9.17, 15) is 18.0 Å². The number of ether oxygens (including phenoxy) is 1. The maximum Gasteiger partial charge on any atom is 0.451 e. The van der Waals surface area contributed by atoms with E-state index in [0.717, 1.165) is 4.57 Å². The second-order valence-electron chi connectivity index (χ2n) is 4.03. The summed E-state index contributed by atoms with van der Waals surface area (Å²) in [6.45, 7) is 2.03. The van der Waals surface area contributed by atoms with E-state index >= 15 is 0 Å². The smallest absolute Gasteiger partial charge is 0.451 e. The van der Waals surface area contributed by atoms with Gasteiger partial charge in [0.2, 0.25) is 5.82 Å². The van der Waals surface area contributed by atoms with Gasteiger partial charge in [0, 0.05) is 13.0 Å². The number of aromatic nitrogens is 3. The summed E-state index contributed by atoms with van der Waals surface area (Å²) in [6.07, 6.45) is -4.06. The Morgan fingerprint density at radius 3 is 2.83 bits per heavy atom. The fraction of sp³-hybridized carbons (Fsp3) is 0.700. The van der Waals surface area contributed by atoms with Gasteiger partial charge in [-0.3, -0.25) is 4.79 Å². The molecule has 0 spiro atoms. The topological polar surface area (TPSA) is 57.0 Å². The Balaban J connectivity index is 2.17. The summed E-state index contributed by atoms with van der Waals surface area (Å²) < 4.78 is 43.6. The van der Waals surface area contributed by atoms with Crippen molar-refractivity contribution in [2.45, 2.75) is 32.5 Å². The van der Waals surface area contributed by atoms with Crippen LogP contribution in [0.4, 0.5) is 13.2 Å². The number of fused-ring (bicyclic) bond motifs is 1. The molecular weight excluding hydrogens is 251 g/mol. The summed E-state index contributed by atoms with van der Waals surface area (Å²) in [6, 6.07) is 0. The number of rotatable bonds is 2. The summed E-state index contributed by atoms with van der Waals surface area (Å²) >= 11 is 0. The molecule has 0 radical (unpaired) electrons. The lowest BCUT2D eigenvalue weighted by atomic mass is 9.98. The molecule has 0 aromatic carbocycles. The van der Waals surface area contributed by atoms with E-state index in [2.05, 4.69) is 10.2 Å². The molecule has 0 aliphatic carbocycles. The van der Waals surface area contributed by atoms with Crippen LogP contribution >= 0.6 is 0 Å². The molecule has 1 atom stereocenters. The number of nitrogens with zero attached hydrogens (tertiary/aromatic N) is 3. The normalized spacial score (nSPS) is 19.4. The third kappa shape index (κ3) is 2.32. The van der Waals surface area contributed by atoms with E-state index in [1.54, 1.807) is 6.92 Å². The highest BCUT2D eigenvalue weighted by molar-refractivity contribution is 5.72. The van der Waals surface area contributed by atoms with Gasteiger partial charge in [-0.1, -0.05) is 0 Å². The Morgan fingerprint density at radius 2 is 2.22 bits per heavy atom. The van der Waals surface area contributed by atoms with E-state index in [1.165, 1.54) is 0 Å². The molecule has 1 aromatic rings. The van der Waals surface area contributed by atoms with Gasteiger partial charge >= 0.3 is 12.1 Å². The quantitative estimate of drug-likeness (QED) is 0.757. The zero-order chi connectivity index (χ0) is 13.3. The summed E-state index contributed by atoms with van der Waals surface area (Å²) in [7, 11) is 0. The van der Waals surface area contributed by atoms with Crippen molar-refractivity contribution in [3.63, 3.8) is 0 Å². The Hall–Kier alpha value is -1.60. The molecule has 1 aromatic heterocycles. The minimum Gasteiger partial charge on any atom is -0.466 e. The third-order valence-electron chi connectivity index (χ3n) is 2.83. The van der Waals surface area contributed by atoms with Crippen LogP contribution in [0.1, 0.15) is 25.0 Å². The summed E-state index contributed by atoms with van der Waals surface area (Å²) in [5.41, 5.74) is 0. The van der Waals surface area contributed by atoms with Crippen molar-refractivity contribution in [2.24, 2.45) is 5.92 Å². The second kappa shape index (κ2) is 4.58. The number of carbonyl (C=O) groups is 1. The molecule has 5 nitrogen and oxygen atoms in total. The highest BCUT2D eigenvalue weighted by Crippen LogP contribution is 2.31. The molecule has 100 valence electrons. The van der Waals surface area contributed by atoms with Crippen LogP contribution in [0.2, 0.25) is 0 Å². The van der Waals surface area contributed by atoms with Crippen molar-refractivity contribution < 1.29 is 22.7 Å². The van der Waals surface area contributed by atoms with Crippen LogP contribution < -0.4 is 0 Å². The van der Waals surface area contributed by atoms with Crippen molar-refractivity contribution >= 4 is 5.97 Å². The molecule has 2 heterocycles. The molecule has 0 amide bonds. The molecule has 0 bridgehead atoms. The Morgan fingerprint density at radius 1 is 1.50 bits per heavy atom. The third-order valence-corrected chi connectivity index (χ3v) is 2.83. The molecule has 1 unspecified atom stereocenters. The maximum atomic E-state index is 12.6. The molecule has 0 saturated heterocycles. The number of carbonyl (C=O) groups excluding carboxylic acids is 1. The van der Waals surface area contributed by atoms with Gasteiger partial charge in [0.25, 0.3) is 0 Å². The Bertz CT molecular complexity index is 456. The summed E-state index contributed by atoms with van der Waals surface area (Å²) in [5.74, 6) is -1.63. The molecule has 18 heavy (non-hydrogen) atoms. The first-order valence-corrected chi connectivity index (χ1v) is 5.59. The molecular formula is C10H12F3N3O2. The van der Waals surface area contributed by atoms with E-state index < -0.39 is 17.9 Å². The minimum absolute atomic E-state index is 0.0840. The SMILES string of the molecule is CCOC(=O)C1CCn2c(nnc2C(F)(F)F)C1. The predicted molar refractivity (Wildman–Crippen MR) is 53.5 cm³/mol. The highest BCUT2D eigenvalue weighted by atomic mass is 19.4. The molecule has 2 rings (SSSR count). The minimum atomic E-state index is -4.51. The molecule has 0 fully saturated rings. The highest BCUT2D eigenvalue weighted by Gasteiger charge is 2.40. The van der Waals surface area contributed by atoms with Gasteiger partial charge in [0.05, 0.1) is 12.5 Å². The van der Waals surface area contributed by atoms with Crippen molar-refractivity contribution in [3.8, 4) is 0 Å². The summed E-state index contributed by atoms with van der Waals surface area (Å²) in [5, 5.41) is 6.65. The van der Waals surface area contributed by atoms with Crippen LogP contribution in [0.5, 0.6) is 0 Å². The molecule has 1 aliphatic rings. The van der Waals surface area contributed by atoms with Gasteiger partial charge in [-0.15, -0.1) is 10.2 Å². The van der Waals surface area contributed by atoms with E-state index in [-0.39, 0.29) is 31.4 Å². The average molecular weight is 263 g/mol. The first-order chi connectivity index (χ1) is 8.43. The predicted octanol–water partition coefficient (Wildman–Crippen LogP) is 1.42. The lowest BCUT2D eigenvalue weighted by Gasteiger charge is -2.22. The van der Waals surface area contributed by atoms with Crippen LogP contribution in [-0.2, 0) is 28.7 Å². The lowest BCUT2D eigenvalue weighted by molar-refractivity contribution is -0.150. The summed E-state index contributed by atoms with van der Waals surface area (Å²) in [4.78, 5) is 11.5. The Kier molecular flexibility index (Phi) is 3.27. The average Bonchev–Trinajstić information content (AvgIpc) is 2.71. The van der Waals surface area contributed by atoms with Crippen LogP contribution in [0.15, 0.2) is 0 Å². The van der Waals surface area contributed by atoms with Crippen molar-refractivity contribution in [1.29, 1.82) is 0 Å². The lowest BCUT2D eigenvalue weighted by Crippen LogP contribution is -2.29. The van der Waals surface area contributed by atoms with Crippen LogP contribution in [0, 0.1) is 5.92 Å². The fourth-order valence-electron chi connectivity index (χ4n) is 2.00. The fourth-order valence-corrected chi connectivity index (χ4v) is 2.00. The van der Waals surface area contributed by atoms with Crippen molar-refractivity contribution in [3.05, 3.63) is 11.6 Å². The van der Waals surface area contributed by atoms with Crippen molar-refractivity contribution in [2.75, 3.05) is 6.61 Å². The van der Waals surface area contributed by atoms with E-state index in [0.29, 0.717) is 6.42 Å². The number of alkyl halides is 3. The second-order valence-corrected chi connectivity index (χ2v) is 4.03. The van der Waals surface area contributed by atoms with Crippen molar-refractivity contribution in [1.82, 2.24) is 14.8 Å². The number of hydrogen-bond donors (Lipinski definition) is 0. The molecule has 8 heteroatoms. The monoisotopic (exact) mass is 263 g/mol. The number of esters is 1. The zero-order valence-corrected chi connectivity index (χ0v) is 9.70. The van der Waals surface area contributed by atoms with Crippen LogP contribution in [0.25, 0.3) is 0 Å². The van der Waals surface area contributed by atoms with Crippen LogP contribution in [-0.4, -0.2) is 27.3 Å².